The summed E-state index contributed by atoms with van der Waals surface area (Å²) in [5.74, 6) is -2.65. The van der Waals surface area contributed by atoms with E-state index in [1.165, 1.54) is 32.4 Å². The number of hydrogen-bond acceptors (Lipinski definition) is 3. The number of carbonyl (C=O) groups excluding carboxylic acids is 2. The van der Waals surface area contributed by atoms with Gasteiger partial charge in [0.1, 0.15) is 5.75 Å². The van der Waals surface area contributed by atoms with Crippen molar-refractivity contribution in [2.24, 2.45) is 11.8 Å². The number of nitrogens with one attached hydrogen (secondary N) is 2. The van der Waals surface area contributed by atoms with Crippen molar-refractivity contribution in [3.8, 4) is 5.75 Å². The summed E-state index contributed by atoms with van der Waals surface area (Å²) in [4.78, 5) is 24.1. The summed E-state index contributed by atoms with van der Waals surface area (Å²) < 4.78 is 43.9. The van der Waals surface area contributed by atoms with Crippen LogP contribution in [0.4, 0.5) is 18.9 Å². The molecule has 5 nitrogen and oxygen atoms in total. The van der Waals surface area contributed by atoms with Crippen LogP contribution in [0.2, 0.25) is 0 Å². The minimum Gasteiger partial charge on any atom is -0.495 e. The van der Waals surface area contributed by atoms with Crippen LogP contribution in [0, 0.1) is 11.8 Å². The molecule has 2 atom stereocenters. The molecule has 1 fully saturated rings. The molecule has 0 saturated heterocycles. The van der Waals surface area contributed by atoms with Gasteiger partial charge in [-0.2, -0.15) is 13.2 Å². The van der Waals surface area contributed by atoms with Gasteiger partial charge in [0.15, 0.2) is 0 Å². The molecule has 0 aromatic heterocycles. The van der Waals surface area contributed by atoms with Gasteiger partial charge in [-0.25, -0.2) is 0 Å². The second-order valence-electron chi connectivity index (χ2n) is 6.09. The summed E-state index contributed by atoms with van der Waals surface area (Å²) in [5, 5.41) is 5.08. The highest BCUT2D eigenvalue weighted by Gasteiger charge is 2.43. The van der Waals surface area contributed by atoms with Gasteiger partial charge in [-0.05, 0) is 37.5 Å². The molecule has 0 heterocycles. The molecule has 1 aliphatic carbocycles. The SMILES string of the molecule is CNC(=O)c1ccc(OC)c(NC(=O)C2CCCC(C(F)(F)F)C2)c1. The summed E-state index contributed by atoms with van der Waals surface area (Å²) >= 11 is 0. The highest BCUT2D eigenvalue weighted by molar-refractivity contribution is 5.98. The number of benzene rings is 1. The number of halogens is 3. The first-order valence-electron chi connectivity index (χ1n) is 8.04. The molecule has 25 heavy (non-hydrogen) atoms. The molecule has 2 unspecified atom stereocenters. The number of rotatable bonds is 4. The maximum Gasteiger partial charge on any atom is 0.391 e. The third kappa shape index (κ3) is 4.64. The molecule has 0 bridgehead atoms. The van der Waals surface area contributed by atoms with E-state index in [2.05, 4.69) is 10.6 Å². The zero-order chi connectivity index (χ0) is 18.6. The quantitative estimate of drug-likeness (QED) is 0.867. The second kappa shape index (κ2) is 7.76. The number of anilines is 1. The van der Waals surface area contributed by atoms with E-state index in [-0.39, 0.29) is 24.4 Å². The lowest BCUT2D eigenvalue weighted by atomic mass is 9.80. The minimum atomic E-state index is -4.28. The summed E-state index contributed by atoms with van der Waals surface area (Å²) in [7, 11) is 2.88. The topological polar surface area (TPSA) is 67.4 Å². The molecule has 2 rings (SSSR count). The first kappa shape index (κ1) is 19.1. The van der Waals surface area contributed by atoms with Gasteiger partial charge in [-0.15, -0.1) is 0 Å². The number of alkyl halides is 3. The normalized spacial score (nSPS) is 20.7. The average molecular weight is 358 g/mol. The molecule has 2 N–H and O–H groups in total. The average Bonchev–Trinajstić information content (AvgIpc) is 2.60. The van der Waals surface area contributed by atoms with E-state index in [9.17, 15) is 22.8 Å². The summed E-state index contributed by atoms with van der Waals surface area (Å²) in [6, 6.07) is 4.51. The zero-order valence-electron chi connectivity index (χ0n) is 14.1. The number of methoxy groups -OCH3 is 1. The Hall–Kier alpha value is -2.25. The molecule has 2 amide bonds. The van der Waals surface area contributed by atoms with Gasteiger partial charge in [0.2, 0.25) is 5.91 Å². The van der Waals surface area contributed by atoms with E-state index in [0.29, 0.717) is 24.2 Å². The Balaban J connectivity index is 2.15. The van der Waals surface area contributed by atoms with Crippen molar-refractivity contribution >= 4 is 17.5 Å². The van der Waals surface area contributed by atoms with Gasteiger partial charge in [0.05, 0.1) is 18.7 Å². The van der Waals surface area contributed by atoms with Crippen LogP contribution < -0.4 is 15.4 Å². The fourth-order valence-electron chi connectivity index (χ4n) is 3.05. The standard InChI is InChI=1S/C17H21F3N2O3/c1-21-15(23)11-6-7-14(25-2)13(9-11)22-16(24)10-4-3-5-12(8-10)17(18,19)20/h6-7,9-10,12H,3-5,8H2,1-2H3,(H,21,23)(H,22,24). The molecule has 0 radical (unpaired) electrons. The summed E-state index contributed by atoms with van der Waals surface area (Å²) in [5.41, 5.74) is 0.582. The van der Waals surface area contributed by atoms with E-state index in [1.807, 2.05) is 0 Å². The fraction of sp³-hybridized carbons (Fsp3) is 0.529. The lowest BCUT2D eigenvalue weighted by Crippen LogP contribution is -2.34. The first-order valence-corrected chi connectivity index (χ1v) is 8.04. The highest BCUT2D eigenvalue weighted by atomic mass is 19.4. The monoisotopic (exact) mass is 358 g/mol. The molecule has 1 aromatic carbocycles. The third-order valence-electron chi connectivity index (χ3n) is 4.45. The van der Waals surface area contributed by atoms with Crippen molar-refractivity contribution in [1.29, 1.82) is 0 Å². The molecule has 0 aliphatic heterocycles. The molecular weight excluding hydrogens is 337 g/mol. The van der Waals surface area contributed by atoms with Gasteiger partial charge >= 0.3 is 6.18 Å². The van der Waals surface area contributed by atoms with Gasteiger partial charge in [0, 0.05) is 18.5 Å². The zero-order valence-corrected chi connectivity index (χ0v) is 14.1. The Morgan fingerprint density at radius 3 is 2.56 bits per heavy atom. The number of hydrogen-bond donors (Lipinski definition) is 2. The van der Waals surface area contributed by atoms with E-state index in [1.54, 1.807) is 0 Å². The Kier molecular flexibility index (Phi) is 5.92. The fourth-order valence-corrected chi connectivity index (χ4v) is 3.05. The maximum atomic E-state index is 12.9. The van der Waals surface area contributed by atoms with Gasteiger partial charge in [0.25, 0.3) is 5.91 Å². The van der Waals surface area contributed by atoms with Crippen LogP contribution in [0.3, 0.4) is 0 Å². The number of carbonyl (C=O) groups is 2. The largest absolute Gasteiger partial charge is 0.495 e. The lowest BCUT2D eigenvalue weighted by Gasteiger charge is -2.29. The van der Waals surface area contributed by atoms with Gasteiger partial charge < -0.3 is 15.4 Å². The second-order valence-corrected chi connectivity index (χ2v) is 6.09. The molecular formula is C17H21F3N2O3. The van der Waals surface area contributed by atoms with E-state index >= 15 is 0 Å². The molecule has 1 aromatic rings. The van der Waals surface area contributed by atoms with Crippen LogP contribution >= 0.6 is 0 Å². The van der Waals surface area contributed by atoms with Crippen LogP contribution in [0.25, 0.3) is 0 Å². The highest BCUT2D eigenvalue weighted by Crippen LogP contribution is 2.40. The molecule has 1 aliphatic rings. The molecule has 8 heteroatoms. The van der Waals surface area contributed by atoms with Gasteiger partial charge in [-0.1, -0.05) is 6.42 Å². The predicted molar refractivity (Wildman–Crippen MR) is 86.5 cm³/mol. The van der Waals surface area contributed by atoms with Crippen LogP contribution in [0.1, 0.15) is 36.0 Å². The molecule has 1 saturated carbocycles. The molecule has 0 spiro atoms. The van der Waals surface area contributed by atoms with Crippen LogP contribution in [0.15, 0.2) is 18.2 Å². The number of ether oxygens (including phenoxy) is 1. The Morgan fingerprint density at radius 2 is 1.96 bits per heavy atom. The Bertz CT molecular complexity index is 647. The lowest BCUT2D eigenvalue weighted by molar-refractivity contribution is -0.185. The maximum absolute atomic E-state index is 12.9. The minimum absolute atomic E-state index is 0.0583. The van der Waals surface area contributed by atoms with Crippen molar-refractivity contribution < 1.29 is 27.5 Å². The number of amides is 2. The summed E-state index contributed by atoms with van der Waals surface area (Å²) in [6.07, 6.45) is -3.67. The van der Waals surface area contributed by atoms with Crippen molar-refractivity contribution in [2.75, 3.05) is 19.5 Å². The van der Waals surface area contributed by atoms with E-state index < -0.39 is 23.9 Å². The Labute approximate surface area is 143 Å². The van der Waals surface area contributed by atoms with Crippen LogP contribution in [-0.4, -0.2) is 32.1 Å². The smallest absolute Gasteiger partial charge is 0.391 e. The van der Waals surface area contributed by atoms with Crippen molar-refractivity contribution in [1.82, 2.24) is 5.32 Å². The van der Waals surface area contributed by atoms with Crippen molar-refractivity contribution in [3.63, 3.8) is 0 Å². The van der Waals surface area contributed by atoms with Gasteiger partial charge in [-0.3, -0.25) is 9.59 Å². The first-order chi connectivity index (χ1) is 11.8. The molecule has 138 valence electrons. The Morgan fingerprint density at radius 1 is 1.24 bits per heavy atom. The van der Waals surface area contributed by atoms with Crippen LogP contribution in [-0.2, 0) is 4.79 Å². The van der Waals surface area contributed by atoms with Crippen molar-refractivity contribution in [2.45, 2.75) is 31.9 Å². The predicted octanol–water partition coefficient (Wildman–Crippen LogP) is 3.36. The van der Waals surface area contributed by atoms with Crippen molar-refractivity contribution in [3.05, 3.63) is 23.8 Å². The summed E-state index contributed by atoms with van der Waals surface area (Å²) in [6.45, 7) is 0. The van der Waals surface area contributed by atoms with Crippen LogP contribution in [0.5, 0.6) is 5.75 Å². The van der Waals surface area contributed by atoms with E-state index in [4.69, 9.17) is 4.74 Å². The third-order valence-corrected chi connectivity index (χ3v) is 4.45. The van der Waals surface area contributed by atoms with E-state index in [0.717, 1.165) is 0 Å².